The number of hydrogen-bond acceptors (Lipinski definition) is 3. The van der Waals surface area contributed by atoms with E-state index in [1.54, 1.807) is 11.3 Å². The van der Waals surface area contributed by atoms with Crippen LogP contribution in [0.3, 0.4) is 0 Å². The van der Waals surface area contributed by atoms with Gasteiger partial charge in [-0.15, -0.1) is 11.3 Å². The first-order valence-corrected chi connectivity index (χ1v) is 5.99. The van der Waals surface area contributed by atoms with Gasteiger partial charge in [-0.05, 0) is 36.8 Å². The molecule has 1 heterocycles. The Labute approximate surface area is 93.1 Å². The summed E-state index contributed by atoms with van der Waals surface area (Å²) in [6.45, 7) is 3.47. The van der Waals surface area contributed by atoms with Crippen LogP contribution in [0, 0.1) is 12.3 Å². The molecular weight excluding hydrogens is 210 g/mol. The van der Waals surface area contributed by atoms with Crippen LogP contribution in [0.4, 0.5) is 0 Å². The van der Waals surface area contributed by atoms with Gasteiger partial charge in [-0.25, -0.2) is 0 Å². The van der Waals surface area contributed by atoms with Crippen LogP contribution in [0.5, 0.6) is 0 Å². The van der Waals surface area contributed by atoms with Crippen LogP contribution in [0.15, 0.2) is 11.4 Å². The molecule has 1 saturated carbocycles. The van der Waals surface area contributed by atoms with E-state index in [2.05, 4.69) is 23.7 Å². The largest absolute Gasteiger partial charge is 0.481 e. The highest BCUT2D eigenvalue weighted by molar-refractivity contribution is 7.10. The highest BCUT2D eigenvalue weighted by Gasteiger charge is 2.49. The zero-order valence-corrected chi connectivity index (χ0v) is 9.56. The number of carboxylic acid groups (broad SMARTS) is 1. The molecule has 0 radical (unpaired) electrons. The van der Waals surface area contributed by atoms with Crippen LogP contribution in [-0.4, -0.2) is 17.6 Å². The lowest BCUT2D eigenvalue weighted by molar-refractivity contribution is -0.143. The van der Waals surface area contributed by atoms with Crippen molar-refractivity contribution in [1.82, 2.24) is 5.32 Å². The summed E-state index contributed by atoms with van der Waals surface area (Å²) < 4.78 is 0. The molecule has 3 nitrogen and oxygen atoms in total. The summed E-state index contributed by atoms with van der Waals surface area (Å²) in [4.78, 5) is 12.2. The number of hydrogen-bond donors (Lipinski definition) is 2. The van der Waals surface area contributed by atoms with E-state index in [1.807, 2.05) is 0 Å². The molecule has 0 amide bonds. The normalized spacial score (nSPS) is 17.7. The summed E-state index contributed by atoms with van der Waals surface area (Å²) in [6.07, 6.45) is 1.64. The maximum atomic E-state index is 10.9. The Morgan fingerprint density at radius 2 is 2.40 bits per heavy atom. The first-order chi connectivity index (χ1) is 7.14. The predicted octanol–water partition coefficient (Wildman–Crippen LogP) is 2.01. The SMILES string of the molecule is Cc1ccsc1CNCC1(C(=O)O)CC1. The number of aliphatic carboxylic acids is 1. The molecule has 1 aliphatic rings. The average molecular weight is 225 g/mol. The first-order valence-electron chi connectivity index (χ1n) is 5.11. The summed E-state index contributed by atoms with van der Waals surface area (Å²) in [5.74, 6) is -0.655. The molecule has 1 aromatic heterocycles. The Kier molecular flexibility index (Phi) is 2.80. The van der Waals surface area contributed by atoms with Gasteiger partial charge in [0.15, 0.2) is 0 Å². The topological polar surface area (TPSA) is 49.3 Å². The minimum Gasteiger partial charge on any atom is -0.481 e. The molecule has 82 valence electrons. The van der Waals surface area contributed by atoms with Crippen molar-refractivity contribution in [3.05, 3.63) is 21.9 Å². The van der Waals surface area contributed by atoms with Crippen LogP contribution in [0.2, 0.25) is 0 Å². The van der Waals surface area contributed by atoms with Gasteiger partial charge in [0.05, 0.1) is 5.41 Å². The van der Waals surface area contributed by atoms with Gasteiger partial charge in [-0.1, -0.05) is 0 Å². The first kappa shape index (κ1) is 10.6. The molecule has 15 heavy (non-hydrogen) atoms. The minimum atomic E-state index is -0.655. The van der Waals surface area contributed by atoms with Crippen molar-refractivity contribution in [3.63, 3.8) is 0 Å². The van der Waals surface area contributed by atoms with Crippen LogP contribution in [0.25, 0.3) is 0 Å². The van der Waals surface area contributed by atoms with E-state index in [-0.39, 0.29) is 0 Å². The zero-order chi connectivity index (χ0) is 10.9. The second-order valence-electron chi connectivity index (χ2n) is 4.22. The van der Waals surface area contributed by atoms with E-state index in [0.29, 0.717) is 6.54 Å². The molecule has 1 aliphatic carbocycles. The summed E-state index contributed by atoms with van der Waals surface area (Å²) in [7, 11) is 0. The number of thiophene rings is 1. The van der Waals surface area contributed by atoms with Crippen LogP contribution >= 0.6 is 11.3 Å². The third-order valence-electron chi connectivity index (χ3n) is 3.02. The van der Waals surface area contributed by atoms with Gasteiger partial charge < -0.3 is 10.4 Å². The van der Waals surface area contributed by atoms with Crippen molar-refractivity contribution in [2.24, 2.45) is 5.41 Å². The summed E-state index contributed by atoms with van der Waals surface area (Å²) in [5.41, 5.74) is 0.832. The van der Waals surface area contributed by atoms with E-state index in [9.17, 15) is 4.79 Å². The van der Waals surface area contributed by atoms with E-state index in [4.69, 9.17) is 5.11 Å². The monoisotopic (exact) mass is 225 g/mol. The van der Waals surface area contributed by atoms with Gasteiger partial charge >= 0.3 is 5.97 Å². The lowest BCUT2D eigenvalue weighted by Gasteiger charge is -2.10. The van der Waals surface area contributed by atoms with E-state index < -0.39 is 11.4 Å². The Morgan fingerprint density at radius 3 is 2.87 bits per heavy atom. The maximum Gasteiger partial charge on any atom is 0.310 e. The molecule has 0 aliphatic heterocycles. The molecule has 4 heteroatoms. The molecule has 0 aromatic carbocycles. The van der Waals surface area contributed by atoms with Crippen molar-refractivity contribution in [2.75, 3.05) is 6.54 Å². The molecule has 0 bridgehead atoms. The number of carboxylic acids is 1. The standard InChI is InChI=1S/C11H15NO2S/c1-8-2-5-15-9(8)6-12-7-11(3-4-11)10(13)14/h2,5,12H,3-4,6-7H2,1H3,(H,13,14). The van der Waals surface area contributed by atoms with Crippen LogP contribution < -0.4 is 5.32 Å². The summed E-state index contributed by atoms with van der Waals surface area (Å²) >= 11 is 1.72. The van der Waals surface area contributed by atoms with Crippen molar-refractivity contribution in [2.45, 2.75) is 26.3 Å². The molecule has 0 atom stereocenters. The van der Waals surface area contributed by atoms with Crippen molar-refractivity contribution < 1.29 is 9.90 Å². The molecule has 1 aromatic rings. The van der Waals surface area contributed by atoms with Gasteiger partial charge in [-0.2, -0.15) is 0 Å². The Hall–Kier alpha value is -0.870. The lowest BCUT2D eigenvalue weighted by atomic mass is 10.1. The minimum absolute atomic E-state index is 0.453. The number of carbonyl (C=O) groups is 1. The second-order valence-corrected chi connectivity index (χ2v) is 5.22. The van der Waals surface area contributed by atoms with E-state index in [1.165, 1.54) is 10.4 Å². The second kappa shape index (κ2) is 3.94. The van der Waals surface area contributed by atoms with Crippen molar-refractivity contribution >= 4 is 17.3 Å². The number of aryl methyl sites for hydroxylation is 1. The molecule has 0 saturated heterocycles. The summed E-state index contributed by atoms with van der Waals surface area (Å²) in [6, 6.07) is 2.09. The smallest absolute Gasteiger partial charge is 0.310 e. The third-order valence-corrected chi connectivity index (χ3v) is 4.05. The maximum absolute atomic E-state index is 10.9. The van der Waals surface area contributed by atoms with Crippen molar-refractivity contribution in [3.8, 4) is 0 Å². The van der Waals surface area contributed by atoms with E-state index in [0.717, 1.165) is 19.4 Å². The van der Waals surface area contributed by atoms with Gasteiger partial charge in [0.1, 0.15) is 0 Å². The van der Waals surface area contributed by atoms with Crippen LogP contribution in [0.1, 0.15) is 23.3 Å². The lowest BCUT2D eigenvalue weighted by Crippen LogP contribution is -2.29. The predicted molar refractivity (Wildman–Crippen MR) is 60.1 cm³/mol. The van der Waals surface area contributed by atoms with Gasteiger partial charge in [0.2, 0.25) is 0 Å². The highest BCUT2D eigenvalue weighted by Crippen LogP contribution is 2.45. The molecule has 2 rings (SSSR count). The third kappa shape index (κ3) is 2.21. The van der Waals surface area contributed by atoms with Gasteiger partial charge in [0, 0.05) is 18.0 Å². The molecule has 0 spiro atoms. The van der Waals surface area contributed by atoms with Crippen LogP contribution in [-0.2, 0) is 11.3 Å². The Balaban J connectivity index is 1.81. The molecule has 0 unspecified atom stereocenters. The molecule has 1 fully saturated rings. The molecular formula is C11H15NO2S. The van der Waals surface area contributed by atoms with Gasteiger partial charge in [0.25, 0.3) is 0 Å². The van der Waals surface area contributed by atoms with Crippen molar-refractivity contribution in [1.29, 1.82) is 0 Å². The quantitative estimate of drug-likeness (QED) is 0.806. The Bertz CT molecular complexity index is 368. The fourth-order valence-electron chi connectivity index (χ4n) is 1.62. The van der Waals surface area contributed by atoms with E-state index >= 15 is 0 Å². The molecule has 2 N–H and O–H groups in total. The number of rotatable bonds is 5. The average Bonchev–Trinajstić information content (AvgIpc) is 2.87. The zero-order valence-electron chi connectivity index (χ0n) is 8.75. The fourth-order valence-corrected chi connectivity index (χ4v) is 2.49. The Morgan fingerprint density at radius 1 is 1.67 bits per heavy atom. The highest BCUT2D eigenvalue weighted by atomic mass is 32.1. The fraction of sp³-hybridized carbons (Fsp3) is 0.545. The summed E-state index contributed by atoms with van der Waals surface area (Å²) in [5, 5.41) is 14.3. The number of nitrogens with one attached hydrogen (secondary N) is 1. The van der Waals surface area contributed by atoms with Gasteiger partial charge in [-0.3, -0.25) is 4.79 Å².